The average Bonchev–Trinajstić information content (AvgIpc) is 2.81. The average molecular weight is 237 g/mol. The Kier molecular flexibility index (Phi) is 3.78. The molecule has 0 spiro atoms. The quantitative estimate of drug-likeness (QED) is 0.812. The highest BCUT2D eigenvalue weighted by atomic mass is 16.2. The summed E-state index contributed by atoms with van der Waals surface area (Å²) in [5, 5.41) is 3.30. The Bertz CT molecular complexity index is 483. The maximum Gasteiger partial charge on any atom is 0.331 e. The minimum Gasteiger partial charge on any atom is -0.312 e. The molecule has 1 saturated heterocycles. The number of rotatable bonds is 4. The zero-order valence-electron chi connectivity index (χ0n) is 10.2. The summed E-state index contributed by atoms with van der Waals surface area (Å²) in [4.78, 5) is 23.8. The second-order valence-corrected chi connectivity index (χ2v) is 4.53. The molecule has 1 aromatic heterocycles. The van der Waals surface area contributed by atoms with Crippen molar-refractivity contribution in [3.05, 3.63) is 33.1 Å². The van der Waals surface area contributed by atoms with E-state index < -0.39 is 0 Å². The maximum atomic E-state index is 12.1. The highest BCUT2D eigenvalue weighted by Gasteiger charge is 2.16. The molecule has 1 atom stereocenters. The normalized spacial score (nSPS) is 19.7. The number of aryl methyl sites for hydroxylation is 1. The van der Waals surface area contributed by atoms with Crippen LogP contribution in [0.2, 0.25) is 0 Å². The standard InChI is InChI=1S/C12H19N3O2/c1-2-7-14-8-5-11(16)15(12(14)17)9-10-4-3-6-13-10/h5,8,10,13H,2-4,6-7,9H2,1H3/t10-/m0/s1. The van der Waals surface area contributed by atoms with Gasteiger partial charge in [-0.2, -0.15) is 0 Å². The van der Waals surface area contributed by atoms with Crippen LogP contribution in [0.4, 0.5) is 0 Å². The van der Waals surface area contributed by atoms with E-state index in [2.05, 4.69) is 5.32 Å². The monoisotopic (exact) mass is 237 g/mol. The van der Waals surface area contributed by atoms with Crippen molar-refractivity contribution < 1.29 is 0 Å². The first-order valence-electron chi connectivity index (χ1n) is 6.26. The Morgan fingerprint density at radius 1 is 1.47 bits per heavy atom. The largest absolute Gasteiger partial charge is 0.331 e. The molecule has 5 heteroatoms. The Labute approximate surface area is 100 Å². The lowest BCUT2D eigenvalue weighted by atomic mass is 10.2. The summed E-state index contributed by atoms with van der Waals surface area (Å²) in [7, 11) is 0. The third kappa shape index (κ3) is 2.66. The lowest BCUT2D eigenvalue weighted by Crippen LogP contribution is -2.43. The van der Waals surface area contributed by atoms with Gasteiger partial charge in [0.05, 0.1) is 0 Å². The minimum absolute atomic E-state index is 0.187. The molecular weight excluding hydrogens is 218 g/mol. The third-order valence-corrected chi connectivity index (χ3v) is 3.17. The van der Waals surface area contributed by atoms with Crippen LogP contribution < -0.4 is 16.6 Å². The molecule has 0 saturated carbocycles. The van der Waals surface area contributed by atoms with E-state index in [0.717, 1.165) is 25.8 Å². The Morgan fingerprint density at radius 2 is 2.29 bits per heavy atom. The molecule has 2 heterocycles. The highest BCUT2D eigenvalue weighted by molar-refractivity contribution is 4.88. The Balaban J connectivity index is 2.27. The minimum atomic E-state index is -0.198. The molecule has 1 aliphatic rings. The molecule has 17 heavy (non-hydrogen) atoms. The highest BCUT2D eigenvalue weighted by Crippen LogP contribution is 2.05. The van der Waals surface area contributed by atoms with Crippen molar-refractivity contribution >= 4 is 0 Å². The van der Waals surface area contributed by atoms with Crippen LogP contribution in [0.15, 0.2) is 21.9 Å². The Morgan fingerprint density at radius 3 is 2.94 bits per heavy atom. The van der Waals surface area contributed by atoms with Crippen molar-refractivity contribution in [1.29, 1.82) is 0 Å². The first-order valence-corrected chi connectivity index (χ1v) is 6.26. The lowest BCUT2D eigenvalue weighted by Gasteiger charge is -2.13. The summed E-state index contributed by atoms with van der Waals surface area (Å²) in [5.74, 6) is 0. The number of hydrogen-bond donors (Lipinski definition) is 1. The van der Waals surface area contributed by atoms with Crippen LogP contribution >= 0.6 is 0 Å². The number of aromatic nitrogens is 2. The van der Waals surface area contributed by atoms with Crippen LogP contribution in [0, 0.1) is 0 Å². The van der Waals surface area contributed by atoms with Gasteiger partial charge in [0.25, 0.3) is 5.56 Å². The molecule has 0 aliphatic carbocycles. The first-order chi connectivity index (χ1) is 8.22. The van der Waals surface area contributed by atoms with Gasteiger partial charge in [-0.3, -0.25) is 9.36 Å². The van der Waals surface area contributed by atoms with Crippen LogP contribution in [-0.4, -0.2) is 21.7 Å². The van der Waals surface area contributed by atoms with Crippen LogP contribution in [0.25, 0.3) is 0 Å². The van der Waals surface area contributed by atoms with E-state index in [1.807, 2.05) is 6.92 Å². The van der Waals surface area contributed by atoms with Gasteiger partial charge < -0.3 is 9.88 Å². The SMILES string of the molecule is CCCn1ccc(=O)n(C[C@@H]2CCCN2)c1=O. The van der Waals surface area contributed by atoms with Gasteiger partial charge in [-0.1, -0.05) is 6.92 Å². The molecule has 0 amide bonds. The van der Waals surface area contributed by atoms with Crippen molar-refractivity contribution in [3.63, 3.8) is 0 Å². The van der Waals surface area contributed by atoms with E-state index in [4.69, 9.17) is 0 Å². The van der Waals surface area contributed by atoms with Crippen molar-refractivity contribution in [3.8, 4) is 0 Å². The molecule has 2 rings (SSSR count). The van der Waals surface area contributed by atoms with Crippen LogP contribution in [0.5, 0.6) is 0 Å². The van der Waals surface area contributed by atoms with E-state index >= 15 is 0 Å². The summed E-state index contributed by atoms with van der Waals surface area (Å²) in [6.07, 6.45) is 4.64. The second-order valence-electron chi connectivity index (χ2n) is 4.53. The molecular formula is C12H19N3O2. The van der Waals surface area contributed by atoms with Gasteiger partial charge in [0, 0.05) is 31.4 Å². The van der Waals surface area contributed by atoms with E-state index in [9.17, 15) is 9.59 Å². The van der Waals surface area contributed by atoms with Gasteiger partial charge in [-0.05, 0) is 25.8 Å². The zero-order valence-corrected chi connectivity index (χ0v) is 10.2. The van der Waals surface area contributed by atoms with Crippen LogP contribution in [0.1, 0.15) is 26.2 Å². The molecule has 1 fully saturated rings. The van der Waals surface area contributed by atoms with E-state index in [1.165, 1.54) is 10.6 Å². The third-order valence-electron chi connectivity index (χ3n) is 3.17. The van der Waals surface area contributed by atoms with Crippen molar-refractivity contribution in [2.45, 2.75) is 45.3 Å². The van der Waals surface area contributed by atoms with E-state index in [1.54, 1.807) is 10.8 Å². The predicted molar refractivity (Wildman–Crippen MR) is 66.3 cm³/mol. The molecule has 94 valence electrons. The fraction of sp³-hybridized carbons (Fsp3) is 0.667. The van der Waals surface area contributed by atoms with Crippen molar-refractivity contribution in [1.82, 2.24) is 14.5 Å². The zero-order chi connectivity index (χ0) is 12.3. The van der Waals surface area contributed by atoms with E-state index in [0.29, 0.717) is 13.1 Å². The molecule has 5 nitrogen and oxygen atoms in total. The summed E-state index contributed by atoms with van der Waals surface area (Å²) in [6.45, 7) is 4.15. The van der Waals surface area contributed by atoms with Gasteiger partial charge in [0.15, 0.2) is 0 Å². The van der Waals surface area contributed by atoms with Crippen LogP contribution in [0.3, 0.4) is 0 Å². The molecule has 1 aromatic rings. The number of nitrogens with one attached hydrogen (secondary N) is 1. The molecule has 1 N–H and O–H groups in total. The summed E-state index contributed by atoms with van der Waals surface area (Å²) >= 11 is 0. The molecule has 0 unspecified atom stereocenters. The predicted octanol–water partition coefficient (Wildman–Crippen LogP) is 0.172. The van der Waals surface area contributed by atoms with Gasteiger partial charge in [-0.25, -0.2) is 4.79 Å². The number of hydrogen-bond acceptors (Lipinski definition) is 3. The second kappa shape index (κ2) is 5.31. The maximum absolute atomic E-state index is 12.1. The van der Waals surface area contributed by atoms with Crippen molar-refractivity contribution in [2.75, 3.05) is 6.54 Å². The van der Waals surface area contributed by atoms with Gasteiger partial charge in [0.2, 0.25) is 0 Å². The lowest BCUT2D eigenvalue weighted by molar-refractivity contribution is 0.462. The molecule has 1 aliphatic heterocycles. The fourth-order valence-electron chi connectivity index (χ4n) is 2.27. The summed E-state index contributed by atoms with van der Waals surface area (Å²) < 4.78 is 2.95. The molecule has 0 aromatic carbocycles. The Hall–Kier alpha value is -1.36. The topological polar surface area (TPSA) is 56.0 Å². The summed E-state index contributed by atoms with van der Waals surface area (Å²) in [5.41, 5.74) is -0.385. The van der Waals surface area contributed by atoms with Gasteiger partial charge in [0.1, 0.15) is 0 Å². The molecule has 0 bridgehead atoms. The molecule has 0 radical (unpaired) electrons. The van der Waals surface area contributed by atoms with Gasteiger partial charge in [-0.15, -0.1) is 0 Å². The summed E-state index contributed by atoms with van der Waals surface area (Å²) in [6, 6.07) is 1.74. The van der Waals surface area contributed by atoms with Crippen molar-refractivity contribution in [2.24, 2.45) is 0 Å². The fourth-order valence-corrected chi connectivity index (χ4v) is 2.27. The van der Waals surface area contributed by atoms with Gasteiger partial charge >= 0.3 is 5.69 Å². The van der Waals surface area contributed by atoms with E-state index in [-0.39, 0.29) is 17.3 Å². The smallest absolute Gasteiger partial charge is 0.312 e. The first kappa shape index (κ1) is 12.1. The number of nitrogens with zero attached hydrogens (tertiary/aromatic N) is 2. The van der Waals surface area contributed by atoms with Crippen LogP contribution in [-0.2, 0) is 13.1 Å².